The van der Waals surface area contributed by atoms with E-state index >= 15 is 0 Å². The Labute approximate surface area is 93.5 Å². The predicted octanol–water partition coefficient (Wildman–Crippen LogP) is 1.08. The van der Waals surface area contributed by atoms with Gasteiger partial charge in [-0.2, -0.15) is 0 Å². The van der Waals surface area contributed by atoms with E-state index < -0.39 is 0 Å². The second kappa shape index (κ2) is 3.23. The molecule has 1 aliphatic heterocycles. The number of nitrogens with zero attached hydrogens (tertiary/aromatic N) is 3. The summed E-state index contributed by atoms with van der Waals surface area (Å²) in [5, 5.41) is -0.100. The summed E-state index contributed by atoms with van der Waals surface area (Å²) in [5.41, 5.74) is -0.393. The molecule has 15 heavy (non-hydrogen) atoms. The molecule has 0 amide bonds. The number of halogens is 1. The fourth-order valence-corrected chi connectivity index (χ4v) is 2.06. The van der Waals surface area contributed by atoms with Crippen LogP contribution in [0.15, 0.2) is 17.1 Å². The summed E-state index contributed by atoms with van der Waals surface area (Å²) >= 11 is 6.27. The zero-order valence-corrected chi connectivity index (χ0v) is 9.82. The first kappa shape index (κ1) is 10.5. The third-order valence-electron chi connectivity index (χ3n) is 3.23. The summed E-state index contributed by atoms with van der Waals surface area (Å²) in [4.78, 5) is 17.3. The van der Waals surface area contributed by atoms with E-state index in [1.807, 2.05) is 18.0 Å². The first-order valence-electron chi connectivity index (χ1n) is 4.88. The van der Waals surface area contributed by atoms with Crippen molar-refractivity contribution in [1.82, 2.24) is 9.55 Å². The van der Waals surface area contributed by atoms with Crippen LogP contribution >= 0.6 is 11.6 Å². The van der Waals surface area contributed by atoms with Crippen molar-refractivity contribution >= 4 is 17.4 Å². The van der Waals surface area contributed by atoms with Crippen LogP contribution in [0.1, 0.15) is 13.8 Å². The lowest BCUT2D eigenvalue weighted by Gasteiger charge is -2.45. The van der Waals surface area contributed by atoms with Gasteiger partial charge in [-0.05, 0) is 19.9 Å². The van der Waals surface area contributed by atoms with Crippen LogP contribution in [0.3, 0.4) is 0 Å². The van der Waals surface area contributed by atoms with Gasteiger partial charge >= 0.3 is 5.69 Å². The maximum atomic E-state index is 11.5. The van der Waals surface area contributed by atoms with Crippen LogP contribution in [-0.2, 0) is 6.54 Å². The molecule has 1 aromatic rings. The Morgan fingerprint density at radius 1 is 1.60 bits per heavy atom. The summed E-state index contributed by atoms with van der Waals surface area (Å²) in [7, 11) is 1.94. The number of fused-ring (bicyclic) bond motifs is 1. The fraction of sp³-hybridized carbons (Fsp3) is 0.600. The molecule has 1 aromatic heterocycles. The number of rotatable bonds is 0. The minimum Gasteiger partial charge on any atom is -0.354 e. The van der Waals surface area contributed by atoms with Crippen molar-refractivity contribution in [3.8, 4) is 0 Å². The van der Waals surface area contributed by atoms with Gasteiger partial charge in [0.15, 0.2) is 0 Å². The van der Waals surface area contributed by atoms with Gasteiger partial charge in [0.05, 0.1) is 10.9 Å². The molecule has 0 fully saturated rings. The highest BCUT2D eigenvalue weighted by molar-refractivity contribution is 6.21. The highest BCUT2D eigenvalue weighted by Crippen LogP contribution is 2.32. The van der Waals surface area contributed by atoms with Crippen LogP contribution in [0, 0.1) is 0 Å². The first-order valence-corrected chi connectivity index (χ1v) is 5.32. The van der Waals surface area contributed by atoms with Crippen LogP contribution in [0.2, 0.25) is 0 Å². The molecular weight excluding hydrogens is 214 g/mol. The summed E-state index contributed by atoms with van der Waals surface area (Å²) in [5.74, 6) is 0.872. The lowest BCUT2D eigenvalue weighted by molar-refractivity contribution is 0.375. The van der Waals surface area contributed by atoms with Crippen LogP contribution in [-0.4, -0.2) is 27.5 Å². The van der Waals surface area contributed by atoms with Crippen molar-refractivity contribution in [2.75, 3.05) is 11.9 Å². The Morgan fingerprint density at radius 3 is 2.93 bits per heavy atom. The van der Waals surface area contributed by atoms with Crippen LogP contribution in [0.25, 0.3) is 0 Å². The molecule has 0 N–H and O–H groups in total. The monoisotopic (exact) mass is 227 g/mol. The number of hydrogen-bond donors (Lipinski definition) is 0. The lowest BCUT2D eigenvalue weighted by Crippen LogP contribution is -2.56. The van der Waals surface area contributed by atoms with Crippen LogP contribution in [0.4, 0.5) is 5.82 Å². The average Bonchev–Trinajstić information content (AvgIpc) is 2.18. The predicted molar refractivity (Wildman–Crippen MR) is 60.6 cm³/mol. The van der Waals surface area contributed by atoms with Gasteiger partial charge in [-0.3, -0.25) is 4.57 Å². The van der Waals surface area contributed by atoms with E-state index in [2.05, 4.69) is 18.8 Å². The molecule has 0 bridgehead atoms. The molecule has 82 valence electrons. The standard InChI is InChI=1S/C10H14ClN3O/c1-10(2)7(11)6-14-8(13(10)3)4-5-12-9(14)15/h4-5,7H,6H2,1-3H3. The van der Waals surface area contributed by atoms with E-state index in [4.69, 9.17) is 11.6 Å². The van der Waals surface area contributed by atoms with Crippen molar-refractivity contribution in [3.05, 3.63) is 22.7 Å². The number of hydrogen-bond acceptors (Lipinski definition) is 3. The zero-order valence-electron chi connectivity index (χ0n) is 9.07. The highest BCUT2D eigenvalue weighted by Gasteiger charge is 2.38. The maximum Gasteiger partial charge on any atom is 0.349 e. The van der Waals surface area contributed by atoms with Crippen molar-refractivity contribution in [2.24, 2.45) is 0 Å². The number of anilines is 1. The molecule has 0 aliphatic carbocycles. The Morgan fingerprint density at radius 2 is 2.27 bits per heavy atom. The Balaban J connectivity index is 2.61. The molecular formula is C10H14ClN3O. The van der Waals surface area contributed by atoms with Gasteiger partial charge in [-0.1, -0.05) is 0 Å². The van der Waals surface area contributed by atoms with E-state index in [1.165, 1.54) is 6.20 Å². The zero-order chi connectivity index (χ0) is 11.2. The van der Waals surface area contributed by atoms with E-state index in [-0.39, 0.29) is 16.6 Å². The Bertz CT molecular complexity index is 441. The van der Waals surface area contributed by atoms with Gasteiger partial charge in [-0.25, -0.2) is 9.78 Å². The third-order valence-corrected chi connectivity index (χ3v) is 3.91. The summed E-state index contributed by atoms with van der Waals surface area (Å²) in [6, 6.07) is 1.84. The average molecular weight is 228 g/mol. The summed E-state index contributed by atoms with van der Waals surface area (Å²) < 4.78 is 1.61. The molecule has 0 saturated heterocycles. The molecule has 0 radical (unpaired) electrons. The Kier molecular flexibility index (Phi) is 2.26. The van der Waals surface area contributed by atoms with Gasteiger partial charge in [0.25, 0.3) is 0 Å². The fourth-order valence-electron chi connectivity index (χ4n) is 1.78. The normalized spacial score (nSPS) is 23.7. The SMILES string of the molecule is CN1c2ccnc(=O)n2CC(Cl)C1(C)C. The quantitative estimate of drug-likeness (QED) is 0.623. The minimum absolute atomic E-state index is 0.100. The molecule has 2 heterocycles. The number of aromatic nitrogens is 2. The molecule has 1 unspecified atom stereocenters. The van der Waals surface area contributed by atoms with E-state index in [1.54, 1.807) is 4.57 Å². The third kappa shape index (κ3) is 1.44. The van der Waals surface area contributed by atoms with Crippen LogP contribution in [0.5, 0.6) is 0 Å². The molecule has 2 rings (SSSR count). The second-order valence-corrected chi connectivity index (χ2v) is 4.90. The maximum absolute atomic E-state index is 11.5. The molecule has 1 aliphatic rings. The molecule has 0 spiro atoms. The molecule has 5 heteroatoms. The second-order valence-electron chi connectivity index (χ2n) is 4.38. The van der Waals surface area contributed by atoms with Gasteiger partial charge in [0.2, 0.25) is 0 Å². The summed E-state index contributed by atoms with van der Waals surface area (Å²) in [6.07, 6.45) is 1.54. The first-order chi connectivity index (χ1) is 6.94. The van der Waals surface area contributed by atoms with Crippen molar-refractivity contribution in [3.63, 3.8) is 0 Å². The lowest BCUT2D eigenvalue weighted by atomic mass is 9.96. The largest absolute Gasteiger partial charge is 0.354 e. The molecule has 0 saturated carbocycles. The molecule has 0 aromatic carbocycles. The highest BCUT2D eigenvalue weighted by atomic mass is 35.5. The van der Waals surface area contributed by atoms with Gasteiger partial charge in [0.1, 0.15) is 5.82 Å². The van der Waals surface area contributed by atoms with E-state index in [0.29, 0.717) is 6.54 Å². The smallest absolute Gasteiger partial charge is 0.349 e. The Hall–Kier alpha value is -1.03. The van der Waals surface area contributed by atoms with Crippen molar-refractivity contribution in [1.29, 1.82) is 0 Å². The molecule has 1 atom stereocenters. The van der Waals surface area contributed by atoms with Crippen molar-refractivity contribution in [2.45, 2.75) is 31.3 Å². The molecule has 4 nitrogen and oxygen atoms in total. The van der Waals surface area contributed by atoms with Gasteiger partial charge < -0.3 is 4.90 Å². The van der Waals surface area contributed by atoms with Gasteiger partial charge in [0, 0.05) is 19.8 Å². The van der Waals surface area contributed by atoms with Gasteiger partial charge in [-0.15, -0.1) is 11.6 Å². The summed E-state index contributed by atoms with van der Waals surface area (Å²) in [6.45, 7) is 4.65. The van der Waals surface area contributed by atoms with Crippen molar-refractivity contribution < 1.29 is 0 Å². The number of alkyl halides is 1. The topological polar surface area (TPSA) is 38.1 Å². The minimum atomic E-state index is -0.236. The van der Waals surface area contributed by atoms with Crippen LogP contribution < -0.4 is 10.6 Å². The van der Waals surface area contributed by atoms with E-state index in [0.717, 1.165) is 5.82 Å². The van der Waals surface area contributed by atoms with E-state index in [9.17, 15) is 4.79 Å².